The van der Waals surface area contributed by atoms with E-state index in [2.05, 4.69) is 4.98 Å². The summed E-state index contributed by atoms with van der Waals surface area (Å²) in [4.78, 5) is 15.1. The molecule has 0 aliphatic heterocycles. The van der Waals surface area contributed by atoms with Crippen LogP contribution in [0.25, 0.3) is 10.9 Å². The standard InChI is InChI=1S/C13H14N2O3/c1-13(14,12(16)17)8-18-11-6-2-5-10-9(11)4-3-7-15-10/h2-7H,8,14H2,1H3,(H,16,17). The highest BCUT2D eigenvalue weighted by Crippen LogP contribution is 2.24. The van der Waals surface area contributed by atoms with E-state index in [4.69, 9.17) is 15.6 Å². The highest BCUT2D eigenvalue weighted by atomic mass is 16.5. The van der Waals surface area contributed by atoms with Crippen LogP contribution in [0.4, 0.5) is 0 Å². The van der Waals surface area contributed by atoms with Crippen LogP contribution in [-0.4, -0.2) is 28.2 Å². The number of carboxylic acid groups (broad SMARTS) is 1. The lowest BCUT2D eigenvalue weighted by Gasteiger charge is -2.20. The second-order valence-corrected chi connectivity index (χ2v) is 4.34. The first-order chi connectivity index (χ1) is 8.50. The third kappa shape index (κ3) is 2.41. The lowest BCUT2D eigenvalue weighted by Crippen LogP contribution is -2.49. The number of nitrogens with two attached hydrogens (primary N) is 1. The molecule has 1 aromatic carbocycles. The Labute approximate surface area is 104 Å². The maximum atomic E-state index is 10.9. The van der Waals surface area contributed by atoms with Gasteiger partial charge in [-0.3, -0.25) is 9.78 Å². The van der Waals surface area contributed by atoms with Crippen molar-refractivity contribution in [3.05, 3.63) is 36.5 Å². The van der Waals surface area contributed by atoms with E-state index in [9.17, 15) is 4.79 Å². The minimum absolute atomic E-state index is 0.101. The average Bonchev–Trinajstić information content (AvgIpc) is 2.36. The summed E-state index contributed by atoms with van der Waals surface area (Å²) in [5, 5.41) is 9.75. The molecule has 5 nitrogen and oxygen atoms in total. The minimum atomic E-state index is -1.41. The topological polar surface area (TPSA) is 85.4 Å². The van der Waals surface area contributed by atoms with Gasteiger partial charge in [-0.05, 0) is 31.2 Å². The van der Waals surface area contributed by atoms with Crippen LogP contribution in [0.5, 0.6) is 5.75 Å². The molecule has 1 unspecified atom stereocenters. The number of aromatic nitrogens is 1. The summed E-state index contributed by atoms with van der Waals surface area (Å²) in [5.41, 5.74) is 4.99. The van der Waals surface area contributed by atoms with Crippen molar-refractivity contribution in [1.82, 2.24) is 4.98 Å². The fraction of sp³-hybridized carbons (Fsp3) is 0.231. The molecule has 5 heteroatoms. The lowest BCUT2D eigenvalue weighted by molar-refractivity contribution is -0.143. The van der Waals surface area contributed by atoms with E-state index in [1.807, 2.05) is 12.1 Å². The largest absolute Gasteiger partial charge is 0.490 e. The quantitative estimate of drug-likeness (QED) is 0.852. The number of fused-ring (bicyclic) bond motifs is 1. The maximum Gasteiger partial charge on any atom is 0.326 e. The van der Waals surface area contributed by atoms with E-state index in [1.54, 1.807) is 24.4 Å². The molecule has 1 heterocycles. The van der Waals surface area contributed by atoms with Crippen molar-refractivity contribution in [3.8, 4) is 5.75 Å². The fourth-order valence-corrected chi connectivity index (χ4v) is 1.49. The second-order valence-electron chi connectivity index (χ2n) is 4.34. The molecule has 1 aromatic heterocycles. The molecule has 94 valence electrons. The monoisotopic (exact) mass is 246 g/mol. The highest BCUT2D eigenvalue weighted by Gasteiger charge is 2.29. The Kier molecular flexibility index (Phi) is 3.16. The van der Waals surface area contributed by atoms with Crippen LogP contribution in [0.2, 0.25) is 0 Å². The van der Waals surface area contributed by atoms with Crippen LogP contribution in [0.3, 0.4) is 0 Å². The van der Waals surface area contributed by atoms with Gasteiger partial charge in [0, 0.05) is 11.6 Å². The molecular weight excluding hydrogens is 232 g/mol. The van der Waals surface area contributed by atoms with Crippen LogP contribution in [-0.2, 0) is 4.79 Å². The van der Waals surface area contributed by atoms with Crippen LogP contribution in [0, 0.1) is 0 Å². The van der Waals surface area contributed by atoms with E-state index in [-0.39, 0.29) is 6.61 Å². The zero-order valence-corrected chi connectivity index (χ0v) is 9.96. The van der Waals surface area contributed by atoms with Gasteiger partial charge < -0.3 is 15.6 Å². The number of nitrogens with zero attached hydrogens (tertiary/aromatic N) is 1. The number of hydrogen-bond acceptors (Lipinski definition) is 4. The first kappa shape index (κ1) is 12.3. The van der Waals surface area contributed by atoms with Gasteiger partial charge in [-0.25, -0.2) is 0 Å². The average molecular weight is 246 g/mol. The van der Waals surface area contributed by atoms with Gasteiger partial charge in [0.25, 0.3) is 0 Å². The van der Waals surface area contributed by atoms with Crippen LogP contribution >= 0.6 is 0 Å². The predicted molar refractivity (Wildman–Crippen MR) is 67.5 cm³/mol. The molecule has 0 aliphatic carbocycles. The van der Waals surface area contributed by atoms with Crippen molar-refractivity contribution >= 4 is 16.9 Å². The highest BCUT2D eigenvalue weighted by molar-refractivity contribution is 5.85. The van der Waals surface area contributed by atoms with Gasteiger partial charge in [-0.1, -0.05) is 6.07 Å². The third-order valence-corrected chi connectivity index (χ3v) is 2.62. The Hall–Kier alpha value is -2.14. The van der Waals surface area contributed by atoms with Gasteiger partial charge in [0.05, 0.1) is 5.52 Å². The molecule has 0 aliphatic rings. The van der Waals surface area contributed by atoms with Gasteiger partial charge in [0.2, 0.25) is 0 Å². The van der Waals surface area contributed by atoms with Crippen molar-refractivity contribution < 1.29 is 14.6 Å². The van der Waals surface area contributed by atoms with E-state index in [1.165, 1.54) is 6.92 Å². The Morgan fingerprint density at radius 2 is 2.22 bits per heavy atom. The number of hydrogen-bond donors (Lipinski definition) is 2. The number of ether oxygens (including phenoxy) is 1. The summed E-state index contributed by atoms with van der Waals surface area (Å²) in [5.74, 6) is -0.514. The van der Waals surface area contributed by atoms with E-state index < -0.39 is 11.5 Å². The van der Waals surface area contributed by atoms with Crippen LogP contribution < -0.4 is 10.5 Å². The summed E-state index contributed by atoms with van der Waals surface area (Å²) >= 11 is 0. The lowest BCUT2D eigenvalue weighted by atomic mass is 10.1. The van der Waals surface area contributed by atoms with Gasteiger partial charge >= 0.3 is 5.97 Å². The Morgan fingerprint density at radius 1 is 1.44 bits per heavy atom. The van der Waals surface area contributed by atoms with Crippen LogP contribution in [0.15, 0.2) is 36.5 Å². The molecular formula is C13H14N2O3. The molecule has 0 bridgehead atoms. The summed E-state index contributed by atoms with van der Waals surface area (Å²) in [6, 6.07) is 9.10. The Balaban J connectivity index is 2.25. The molecule has 0 spiro atoms. The number of aliphatic carboxylic acids is 1. The van der Waals surface area contributed by atoms with Crippen molar-refractivity contribution in [2.75, 3.05) is 6.61 Å². The number of carboxylic acids is 1. The van der Waals surface area contributed by atoms with Gasteiger partial charge in [-0.15, -0.1) is 0 Å². The first-order valence-electron chi connectivity index (χ1n) is 5.49. The number of pyridine rings is 1. The fourth-order valence-electron chi connectivity index (χ4n) is 1.49. The van der Waals surface area contributed by atoms with E-state index >= 15 is 0 Å². The van der Waals surface area contributed by atoms with E-state index in [0.29, 0.717) is 5.75 Å². The molecule has 0 radical (unpaired) electrons. The first-order valence-corrected chi connectivity index (χ1v) is 5.49. The predicted octanol–water partition coefficient (Wildman–Crippen LogP) is 1.42. The van der Waals surface area contributed by atoms with Gasteiger partial charge in [0.1, 0.15) is 17.9 Å². The maximum absolute atomic E-state index is 10.9. The number of rotatable bonds is 4. The third-order valence-electron chi connectivity index (χ3n) is 2.62. The molecule has 0 saturated heterocycles. The minimum Gasteiger partial charge on any atom is -0.490 e. The molecule has 2 aromatic rings. The Bertz CT molecular complexity index is 576. The molecule has 2 rings (SSSR count). The molecule has 1 atom stereocenters. The molecule has 0 saturated carbocycles. The van der Waals surface area contributed by atoms with E-state index in [0.717, 1.165) is 10.9 Å². The summed E-state index contributed by atoms with van der Waals surface area (Å²) in [7, 11) is 0. The van der Waals surface area contributed by atoms with Crippen LogP contribution in [0.1, 0.15) is 6.92 Å². The van der Waals surface area contributed by atoms with Crippen molar-refractivity contribution in [2.24, 2.45) is 5.73 Å². The van der Waals surface area contributed by atoms with Crippen molar-refractivity contribution in [2.45, 2.75) is 12.5 Å². The molecule has 3 N–H and O–H groups in total. The smallest absolute Gasteiger partial charge is 0.326 e. The zero-order chi connectivity index (χ0) is 13.2. The number of benzene rings is 1. The van der Waals surface area contributed by atoms with Gasteiger partial charge in [-0.2, -0.15) is 0 Å². The SMILES string of the molecule is CC(N)(COc1cccc2ncccc12)C(=O)O. The molecule has 0 amide bonds. The molecule has 18 heavy (non-hydrogen) atoms. The second kappa shape index (κ2) is 4.62. The van der Waals surface area contributed by atoms with Gasteiger partial charge in [0.15, 0.2) is 0 Å². The molecule has 0 fully saturated rings. The van der Waals surface area contributed by atoms with Crippen molar-refractivity contribution in [1.29, 1.82) is 0 Å². The summed E-state index contributed by atoms with van der Waals surface area (Å²) in [6.45, 7) is 1.31. The summed E-state index contributed by atoms with van der Waals surface area (Å²) < 4.78 is 5.50. The summed E-state index contributed by atoms with van der Waals surface area (Å²) in [6.07, 6.45) is 1.69. The number of carbonyl (C=O) groups is 1. The van der Waals surface area contributed by atoms with Crippen molar-refractivity contribution in [3.63, 3.8) is 0 Å². The zero-order valence-electron chi connectivity index (χ0n) is 9.96. The Morgan fingerprint density at radius 3 is 2.94 bits per heavy atom. The normalized spacial score (nSPS) is 14.1.